The van der Waals surface area contributed by atoms with Crippen LogP contribution in [-0.2, 0) is 9.59 Å². The van der Waals surface area contributed by atoms with Crippen molar-refractivity contribution in [3.05, 3.63) is 41.7 Å². The van der Waals surface area contributed by atoms with Crippen LogP contribution in [0.2, 0.25) is 0 Å². The quantitative estimate of drug-likeness (QED) is 0.781. The maximum Gasteiger partial charge on any atom is 0.246 e. The number of carbonyl (C=O) groups is 2. The molecule has 0 N–H and O–H groups in total. The summed E-state index contributed by atoms with van der Waals surface area (Å²) in [4.78, 5) is 29.8. The van der Waals surface area contributed by atoms with Gasteiger partial charge in [0, 0.05) is 51.9 Å². The highest BCUT2D eigenvalue weighted by atomic mass is 19.1. The van der Waals surface area contributed by atoms with Crippen LogP contribution in [0.3, 0.4) is 0 Å². The Balaban J connectivity index is 1.98. The van der Waals surface area contributed by atoms with Crippen molar-refractivity contribution in [3.63, 3.8) is 0 Å². The van der Waals surface area contributed by atoms with E-state index in [1.54, 1.807) is 49.0 Å². The van der Waals surface area contributed by atoms with Crippen LogP contribution >= 0.6 is 0 Å². The Morgan fingerprint density at radius 2 is 1.88 bits per heavy atom. The Hall–Kier alpha value is -2.21. The number of amides is 2. The summed E-state index contributed by atoms with van der Waals surface area (Å²) < 4.78 is 13.8. The Labute approximate surface area is 148 Å². The molecule has 136 valence electrons. The van der Waals surface area contributed by atoms with E-state index in [4.69, 9.17) is 0 Å². The molecule has 0 bridgehead atoms. The summed E-state index contributed by atoms with van der Waals surface area (Å²) in [6.45, 7) is 4.79. The molecule has 0 spiro atoms. The molecule has 2 rings (SSSR count). The molecule has 1 fully saturated rings. The monoisotopic (exact) mass is 347 g/mol. The van der Waals surface area contributed by atoms with Crippen molar-refractivity contribution in [2.24, 2.45) is 0 Å². The minimum atomic E-state index is -0.326. The molecule has 0 atom stereocenters. The molecule has 0 saturated carbocycles. The molecule has 5 nitrogen and oxygen atoms in total. The summed E-state index contributed by atoms with van der Waals surface area (Å²) in [5.74, 6) is -0.370. The normalized spacial score (nSPS) is 16.5. The van der Waals surface area contributed by atoms with Crippen LogP contribution in [-0.4, -0.2) is 73.3 Å². The Bertz CT molecular complexity index is 658. The van der Waals surface area contributed by atoms with Crippen LogP contribution in [0, 0.1) is 5.82 Å². The average Bonchev–Trinajstić information content (AvgIpc) is 2.80. The van der Waals surface area contributed by atoms with Gasteiger partial charge in [-0.3, -0.25) is 14.5 Å². The summed E-state index contributed by atoms with van der Waals surface area (Å²) in [6.07, 6.45) is 2.32. The molecule has 0 unspecified atom stereocenters. The fraction of sp³-hybridized carbons (Fsp3) is 0.474. The molecule has 0 radical (unpaired) electrons. The van der Waals surface area contributed by atoms with Gasteiger partial charge in [-0.2, -0.15) is 0 Å². The lowest BCUT2D eigenvalue weighted by Gasteiger charge is -2.22. The van der Waals surface area contributed by atoms with Crippen LogP contribution in [0.25, 0.3) is 5.57 Å². The van der Waals surface area contributed by atoms with Gasteiger partial charge in [0.2, 0.25) is 11.8 Å². The molecule has 0 aliphatic carbocycles. The van der Waals surface area contributed by atoms with Gasteiger partial charge in [-0.1, -0.05) is 18.2 Å². The van der Waals surface area contributed by atoms with Crippen molar-refractivity contribution >= 4 is 17.4 Å². The van der Waals surface area contributed by atoms with E-state index in [0.717, 1.165) is 13.0 Å². The zero-order chi connectivity index (χ0) is 18.4. The van der Waals surface area contributed by atoms with E-state index in [9.17, 15) is 14.0 Å². The van der Waals surface area contributed by atoms with Gasteiger partial charge in [-0.05, 0) is 25.0 Å². The van der Waals surface area contributed by atoms with E-state index < -0.39 is 0 Å². The maximum atomic E-state index is 13.8. The first kappa shape index (κ1) is 19.1. The first-order valence-corrected chi connectivity index (χ1v) is 8.53. The molecule has 1 aromatic rings. The zero-order valence-electron chi connectivity index (χ0n) is 15.2. The molecule has 1 aliphatic rings. The highest BCUT2D eigenvalue weighted by molar-refractivity contribution is 5.95. The lowest BCUT2D eigenvalue weighted by molar-refractivity contribution is -0.129. The van der Waals surface area contributed by atoms with Crippen molar-refractivity contribution in [1.29, 1.82) is 0 Å². The lowest BCUT2D eigenvalue weighted by Crippen LogP contribution is -2.39. The second-order valence-electron chi connectivity index (χ2n) is 6.55. The number of benzene rings is 1. The highest BCUT2D eigenvalue weighted by Gasteiger charge is 2.20. The molecule has 1 aromatic carbocycles. The topological polar surface area (TPSA) is 43.9 Å². The smallest absolute Gasteiger partial charge is 0.246 e. The third-order valence-electron chi connectivity index (χ3n) is 4.40. The van der Waals surface area contributed by atoms with Gasteiger partial charge in [0.1, 0.15) is 5.82 Å². The third-order valence-corrected chi connectivity index (χ3v) is 4.40. The Morgan fingerprint density at radius 3 is 2.56 bits per heavy atom. The van der Waals surface area contributed by atoms with Crippen molar-refractivity contribution in [1.82, 2.24) is 14.7 Å². The summed E-state index contributed by atoms with van der Waals surface area (Å²) >= 11 is 0. The van der Waals surface area contributed by atoms with Gasteiger partial charge in [0.15, 0.2) is 0 Å². The number of halogens is 1. The molecule has 1 saturated heterocycles. The van der Waals surface area contributed by atoms with Crippen molar-refractivity contribution < 1.29 is 14.0 Å². The van der Waals surface area contributed by atoms with E-state index in [1.165, 1.54) is 12.1 Å². The average molecular weight is 347 g/mol. The standard InChI is InChI=1S/C19H26FN3O2/c1-15(16-7-4-5-8-17(16)20)13-18(24)23-10-6-9-22(11-12-23)14-19(25)21(2)3/h4-5,7-8,13H,6,9-12,14H2,1-3H3/b15-13-. The fourth-order valence-electron chi connectivity index (χ4n) is 2.82. The molecule has 2 amide bonds. The molecular weight excluding hydrogens is 321 g/mol. The molecule has 1 heterocycles. The van der Waals surface area contributed by atoms with Crippen molar-refractivity contribution in [2.75, 3.05) is 46.8 Å². The summed E-state index contributed by atoms with van der Waals surface area (Å²) in [6, 6.07) is 6.45. The van der Waals surface area contributed by atoms with Crippen LogP contribution in [0.4, 0.5) is 4.39 Å². The van der Waals surface area contributed by atoms with Crippen molar-refractivity contribution in [3.8, 4) is 0 Å². The molecule has 1 aliphatic heterocycles. The molecule has 0 aromatic heterocycles. The van der Waals surface area contributed by atoms with E-state index in [-0.39, 0.29) is 17.6 Å². The highest BCUT2D eigenvalue weighted by Crippen LogP contribution is 2.18. The second kappa shape index (κ2) is 8.76. The van der Waals surface area contributed by atoms with Crippen LogP contribution in [0.1, 0.15) is 18.9 Å². The number of carbonyl (C=O) groups excluding carboxylic acids is 2. The van der Waals surface area contributed by atoms with Gasteiger partial charge in [0.05, 0.1) is 6.54 Å². The number of allylic oxidation sites excluding steroid dienone is 1. The van der Waals surface area contributed by atoms with E-state index >= 15 is 0 Å². The Morgan fingerprint density at radius 1 is 1.16 bits per heavy atom. The van der Waals surface area contributed by atoms with Gasteiger partial charge in [-0.25, -0.2) is 4.39 Å². The number of likely N-dealkylation sites (N-methyl/N-ethyl adjacent to an activating group) is 1. The largest absolute Gasteiger partial charge is 0.348 e. The van der Waals surface area contributed by atoms with Gasteiger partial charge in [-0.15, -0.1) is 0 Å². The fourth-order valence-corrected chi connectivity index (χ4v) is 2.82. The molecule has 25 heavy (non-hydrogen) atoms. The zero-order valence-corrected chi connectivity index (χ0v) is 15.2. The Kier molecular flexibility index (Phi) is 6.70. The number of nitrogens with zero attached hydrogens (tertiary/aromatic N) is 3. The predicted molar refractivity (Wildman–Crippen MR) is 96.4 cm³/mol. The first-order valence-electron chi connectivity index (χ1n) is 8.53. The number of hydrogen-bond donors (Lipinski definition) is 0. The number of hydrogen-bond acceptors (Lipinski definition) is 3. The maximum absolute atomic E-state index is 13.8. The van der Waals surface area contributed by atoms with E-state index in [0.29, 0.717) is 37.3 Å². The SMILES string of the molecule is C/C(=C/C(=O)N1CCCN(CC(=O)N(C)C)CC1)c1ccccc1F. The van der Waals surface area contributed by atoms with Gasteiger partial charge in [0.25, 0.3) is 0 Å². The first-order chi connectivity index (χ1) is 11.9. The molecule has 6 heteroatoms. The second-order valence-corrected chi connectivity index (χ2v) is 6.55. The minimum absolute atomic E-state index is 0.0649. The van der Waals surface area contributed by atoms with E-state index in [2.05, 4.69) is 4.90 Å². The van der Waals surface area contributed by atoms with Gasteiger partial charge < -0.3 is 9.80 Å². The summed E-state index contributed by atoms with van der Waals surface area (Å²) in [5.41, 5.74) is 1.07. The summed E-state index contributed by atoms with van der Waals surface area (Å²) in [7, 11) is 3.48. The minimum Gasteiger partial charge on any atom is -0.348 e. The van der Waals surface area contributed by atoms with Crippen LogP contribution in [0.5, 0.6) is 0 Å². The third kappa shape index (κ3) is 5.39. The van der Waals surface area contributed by atoms with Crippen molar-refractivity contribution in [2.45, 2.75) is 13.3 Å². The molecular formula is C19H26FN3O2. The van der Waals surface area contributed by atoms with Crippen LogP contribution < -0.4 is 0 Å². The summed E-state index contributed by atoms with van der Waals surface area (Å²) in [5, 5.41) is 0. The van der Waals surface area contributed by atoms with Crippen LogP contribution in [0.15, 0.2) is 30.3 Å². The predicted octanol–water partition coefficient (Wildman–Crippen LogP) is 1.85. The van der Waals surface area contributed by atoms with E-state index in [1.807, 2.05) is 0 Å². The number of rotatable bonds is 4. The lowest BCUT2D eigenvalue weighted by atomic mass is 10.1. The van der Waals surface area contributed by atoms with Gasteiger partial charge >= 0.3 is 0 Å².